The Balaban J connectivity index is 1.29. The van der Waals surface area contributed by atoms with E-state index in [1.54, 1.807) is 12.1 Å². The Bertz CT molecular complexity index is 1180. The van der Waals surface area contributed by atoms with Crippen LogP contribution in [0.2, 0.25) is 10.2 Å². The number of anilines is 2. The number of aromatic nitrogens is 2. The summed E-state index contributed by atoms with van der Waals surface area (Å²) in [6.45, 7) is 3.34. The minimum atomic E-state index is -0.413. The molecule has 0 radical (unpaired) electrons. The van der Waals surface area contributed by atoms with E-state index in [0.29, 0.717) is 30.5 Å². The molecular weight excluding hydrogens is 547 g/mol. The third-order valence-electron chi connectivity index (χ3n) is 5.58. The molecule has 3 rings (SSSR count). The number of ketones is 1. The second kappa shape index (κ2) is 15.6. The Labute approximate surface area is 236 Å². The number of amides is 1. The molecule has 1 amide bonds. The van der Waals surface area contributed by atoms with E-state index < -0.39 is 5.91 Å². The number of halogens is 2. The van der Waals surface area contributed by atoms with Crippen LogP contribution in [-0.2, 0) is 11.3 Å². The van der Waals surface area contributed by atoms with Crippen molar-refractivity contribution in [1.82, 2.24) is 20.2 Å². The Morgan fingerprint density at radius 3 is 2.58 bits per heavy atom. The van der Waals surface area contributed by atoms with Gasteiger partial charge in [0, 0.05) is 31.3 Å². The molecule has 204 valence electrons. The first kappa shape index (κ1) is 29.8. The van der Waals surface area contributed by atoms with Gasteiger partial charge in [0.2, 0.25) is 0 Å². The first-order valence-electron chi connectivity index (χ1n) is 12.3. The highest BCUT2D eigenvalue weighted by Crippen LogP contribution is 2.21. The SMILES string of the molecule is CN(CCCCNC(=O)c1nc(Cl)c(NCc2ccc(Cl)cc2)nc1N)CCCOCC(=O)c1cccs1. The molecule has 0 aliphatic carbocycles. The van der Waals surface area contributed by atoms with Gasteiger partial charge < -0.3 is 26.0 Å². The Morgan fingerprint density at radius 2 is 1.84 bits per heavy atom. The molecule has 4 N–H and O–H groups in total. The van der Waals surface area contributed by atoms with Crippen molar-refractivity contribution in [2.45, 2.75) is 25.8 Å². The number of nitrogens with zero attached hydrogens (tertiary/aromatic N) is 3. The third kappa shape index (κ3) is 9.85. The van der Waals surface area contributed by atoms with Crippen LogP contribution in [0, 0.1) is 0 Å². The van der Waals surface area contributed by atoms with E-state index in [1.165, 1.54) is 11.3 Å². The lowest BCUT2D eigenvalue weighted by Crippen LogP contribution is -2.28. The molecule has 12 heteroatoms. The summed E-state index contributed by atoms with van der Waals surface area (Å²) in [5.41, 5.74) is 6.95. The number of hydrogen-bond donors (Lipinski definition) is 3. The zero-order chi connectivity index (χ0) is 27.3. The van der Waals surface area contributed by atoms with E-state index in [4.69, 9.17) is 33.7 Å². The quantitative estimate of drug-likeness (QED) is 0.164. The highest BCUT2D eigenvalue weighted by Gasteiger charge is 2.16. The lowest BCUT2D eigenvalue weighted by molar-refractivity contribution is 0.0747. The molecule has 0 fully saturated rings. The van der Waals surface area contributed by atoms with Gasteiger partial charge >= 0.3 is 0 Å². The fourth-order valence-electron chi connectivity index (χ4n) is 3.51. The smallest absolute Gasteiger partial charge is 0.273 e. The molecule has 3 aromatic rings. The van der Waals surface area contributed by atoms with Gasteiger partial charge in [-0.05, 0) is 62.0 Å². The molecule has 0 aliphatic heterocycles. The van der Waals surface area contributed by atoms with Gasteiger partial charge in [-0.3, -0.25) is 9.59 Å². The summed E-state index contributed by atoms with van der Waals surface area (Å²) in [5.74, 6) is -0.0846. The maximum atomic E-state index is 12.5. The van der Waals surface area contributed by atoms with Crippen LogP contribution in [0.25, 0.3) is 0 Å². The third-order valence-corrected chi connectivity index (χ3v) is 7.00. The number of carbonyl (C=O) groups is 2. The maximum absolute atomic E-state index is 12.5. The first-order valence-corrected chi connectivity index (χ1v) is 13.9. The average molecular weight is 580 g/mol. The number of unbranched alkanes of at least 4 members (excludes halogenated alkanes) is 1. The summed E-state index contributed by atoms with van der Waals surface area (Å²) in [7, 11) is 2.04. The molecule has 0 bridgehead atoms. The van der Waals surface area contributed by atoms with Crippen LogP contribution in [-0.4, -0.2) is 66.5 Å². The van der Waals surface area contributed by atoms with E-state index in [1.807, 2.05) is 36.7 Å². The topological polar surface area (TPSA) is 122 Å². The number of thiophene rings is 1. The summed E-state index contributed by atoms with van der Waals surface area (Å²) in [6.07, 6.45) is 2.54. The van der Waals surface area contributed by atoms with Crippen LogP contribution in [0.3, 0.4) is 0 Å². The zero-order valence-electron chi connectivity index (χ0n) is 21.2. The van der Waals surface area contributed by atoms with Gasteiger partial charge in [0.25, 0.3) is 5.91 Å². The number of nitrogen functional groups attached to an aromatic ring is 1. The number of ether oxygens (including phenoxy) is 1. The van der Waals surface area contributed by atoms with Crippen molar-refractivity contribution >= 4 is 57.9 Å². The second-order valence-electron chi connectivity index (χ2n) is 8.65. The van der Waals surface area contributed by atoms with Gasteiger partial charge in [-0.15, -0.1) is 11.3 Å². The van der Waals surface area contributed by atoms with Gasteiger partial charge in [-0.25, -0.2) is 9.97 Å². The molecule has 0 atom stereocenters. The fraction of sp³-hybridized carbons (Fsp3) is 0.385. The first-order chi connectivity index (χ1) is 18.3. The van der Waals surface area contributed by atoms with E-state index in [0.717, 1.165) is 42.8 Å². The summed E-state index contributed by atoms with van der Waals surface area (Å²) in [5, 5.41) is 8.50. The van der Waals surface area contributed by atoms with Crippen molar-refractivity contribution < 1.29 is 14.3 Å². The van der Waals surface area contributed by atoms with Crippen LogP contribution < -0.4 is 16.4 Å². The number of Topliss-reactive ketones (excluding diaryl/α,β-unsaturated/α-hetero) is 1. The largest absolute Gasteiger partial charge is 0.382 e. The number of rotatable bonds is 16. The van der Waals surface area contributed by atoms with Crippen molar-refractivity contribution in [3.05, 3.63) is 68.1 Å². The van der Waals surface area contributed by atoms with Crippen molar-refractivity contribution in [3.8, 4) is 0 Å². The second-order valence-corrected chi connectivity index (χ2v) is 10.4. The molecule has 0 unspecified atom stereocenters. The summed E-state index contributed by atoms with van der Waals surface area (Å²) in [4.78, 5) is 35.7. The van der Waals surface area contributed by atoms with Crippen LogP contribution in [0.5, 0.6) is 0 Å². The van der Waals surface area contributed by atoms with Crippen molar-refractivity contribution in [2.24, 2.45) is 0 Å². The standard InChI is InChI=1S/C26H32Cl2N6O3S/c1-34(13-5-14-37-17-20(35)21-6-4-15-38-21)12-3-2-11-30-26(36)22-24(29)33-25(23(28)32-22)31-16-18-7-9-19(27)10-8-18/h4,6-10,15H,2-3,5,11-14,16-17H2,1H3,(H,30,36)(H3,29,31,33). The summed E-state index contributed by atoms with van der Waals surface area (Å²) >= 11 is 13.6. The average Bonchev–Trinajstić information content (AvgIpc) is 3.44. The predicted octanol–water partition coefficient (Wildman–Crippen LogP) is 4.77. The molecule has 38 heavy (non-hydrogen) atoms. The highest BCUT2D eigenvalue weighted by molar-refractivity contribution is 7.12. The minimum Gasteiger partial charge on any atom is -0.382 e. The molecule has 2 heterocycles. The molecule has 1 aromatic carbocycles. The van der Waals surface area contributed by atoms with E-state index >= 15 is 0 Å². The molecule has 0 saturated heterocycles. The van der Waals surface area contributed by atoms with Gasteiger partial charge in [-0.2, -0.15) is 0 Å². The summed E-state index contributed by atoms with van der Waals surface area (Å²) in [6, 6.07) is 11.0. The Morgan fingerprint density at radius 1 is 1.08 bits per heavy atom. The van der Waals surface area contributed by atoms with Gasteiger partial charge in [-0.1, -0.05) is 41.4 Å². The van der Waals surface area contributed by atoms with Gasteiger partial charge in [0.1, 0.15) is 6.61 Å². The van der Waals surface area contributed by atoms with Crippen LogP contribution in [0.4, 0.5) is 11.6 Å². The van der Waals surface area contributed by atoms with Crippen molar-refractivity contribution in [1.29, 1.82) is 0 Å². The lowest BCUT2D eigenvalue weighted by atomic mass is 10.2. The number of benzene rings is 1. The zero-order valence-corrected chi connectivity index (χ0v) is 23.5. The van der Waals surface area contributed by atoms with E-state index in [9.17, 15) is 9.59 Å². The number of nitrogens with one attached hydrogen (secondary N) is 2. The molecule has 9 nitrogen and oxygen atoms in total. The van der Waals surface area contributed by atoms with Crippen LogP contribution in [0.1, 0.15) is 45.0 Å². The van der Waals surface area contributed by atoms with Crippen LogP contribution >= 0.6 is 34.5 Å². The van der Waals surface area contributed by atoms with Crippen molar-refractivity contribution in [2.75, 3.05) is 50.9 Å². The molecule has 2 aromatic heterocycles. The highest BCUT2D eigenvalue weighted by atomic mass is 35.5. The van der Waals surface area contributed by atoms with Gasteiger partial charge in [0.05, 0.1) is 4.88 Å². The maximum Gasteiger partial charge on any atom is 0.273 e. The number of carbonyl (C=O) groups excluding carboxylic acids is 2. The van der Waals surface area contributed by atoms with E-state index in [-0.39, 0.29) is 29.1 Å². The number of hydrogen-bond acceptors (Lipinski definition) is 9. The molecule has 0 spiro atoms. The predicted molar refractivity (Wildman–Crippen MR) is 153 cm³/mol. The van der Waals surface area contributed by atoms with Crippen molar-refractivity contribution in [3.63, 3.8) is 0 Å². The monoisotopic (exact) mass is 578 g/mol. The minimum absolute atomic E-state index is 0.00159. The summed E-state index contributed by atoms with van der Waals surface area (Å²) < 4.78 is 5.49. The number of nitrogens with two attached hydrogens (primary N) is 1. The van der Waals surface area contributed by atoms with E-state index in [2.05, 4.69) is 25.5 Å². The van der Waals surface area contributed by atoms with Gasteiger partial charge in [0.15, 0.2) is 28.3 Å². The molecule has 0 aliphatic rings. The molecular formula is C26H32Cl2N6O3S. The lowest BCUT2D eigenvalue weighted by Gasteiger charge is -2.16. The van der Waals surface area contributed by atoms with Crippen LogP contribution in [0.15, 0.2) is 41.8 Å². The normalized spacial score (nSPS) is 11.1. The Kier molecular flexibility index (Phi) is 12.2. The fourth-order valence-corrected chi connectivity index (χ4v) is 4.48. The Hall–Kier alpha value is -2.76. The molecule has 0 saturated carbocycles.